The van der Waals surface area contributed by atoms with E-state index in [0.717, 1.165) is 13.1 Å². The molecule has 0 aromatic carbocycles. The Kier molecular flexibility index (Phi) is 2.66. The topological polar surface area (TPSA) is 23.6 Å². The lowest BCUT2D eigenvalue weighted by molar-refractivity contribution is -0.140. The molecule has 1 rings (SSSR count). The standard InChI is InChI=1S/C10H20N2O/c1-10(2,3)12-6-8(7-12)9(13)11(4)5/h8H,6-7H2,1-5H3. The molecule has 0 saturated carbocycles. The van der Waals surface area contributed by atoms with Gasteiger partial charge < -0.3 is 4.90 Å². The average molecular weight is 184 g/mol. The van der Waals surface area contributed by atoms with E-state index in [1.165, 1.54) is 0 Å². The third kappa shape index (κ3) is 2.21. The van der Waals surface area contributed by atoms with E-state index in [2.05, 4.69) is 25.7 Å². The molecule has 13 heavy (non-hydrogen) atoms. The second kappa shape index (κ2) is 3.29. The number of carbonyl (C=O) groups is 1. The van der Waals surface area contributed by atoms with E-state index in [0.29, 0.717) is 0 Å². The van der Waals surface area contributed by atoms with Gasteiger partial charge in [0.25, 0.3) is 0 Å². The Morgan fingerprint density at radius 3 is 2.08 bits per heavy atom. The fraction of sp³-hybridized carbons (Fsp3) is 0.900. The van der Waals surface area contributed by atoms with Crippen LogP contribution >= 0.6 is 0 Å². The van der Waals surface area contributed by atoms with Crippen molar-refractivity contribution in [3.05, 3.63) is 0 Å². The summed E-state index contributed by atoms with van der Waals surface area (Å²) in [5.41, 5.74) is 0.211. The van der Waals surface area contributed by atoms with E-state index < -0.39 is 0 Å². The van der Waals surface area contributed by atoms with E-state index in [-0.39, 0.29) is 17.4 Å². The van der Waals surface area contributed by atoms with Gasteiger partial charge >= 0.3 is 0 Å². The van der Waals surface area contributed by atoms with Crippen LogP contribution in [0.4, 0.5) is 0 Å². The van der Waals surface area contributed by atoms with Gasteiger partial charge in [-0.15, -0.1) is 0 Å². The summed E-state index contributed by atoms with van der Waals surface area (Å²) < 4.78 is 0. The van der Waals surface area contributed by atoms with E-state index in [9.17, 15) is 4.79 Å². The molecule has 0 aliphatic carbocycles. The van der Waals surface area contributed by atoms with E-state index in [4.69, 9.17) is 0 Å². The first-order valence-corrected chi connectivity index (χ1v) is 4.78. The highest BCUT2D eigenvalue weighted by molar-refractivity contribution is 5.79. The van der Waals surface area contributed by atoms with E-state index in [1.807, 2.05) is 14.1 Å². The molecule has 1 saturated heterocycles. The molecule has 0 bridgehead atoms. The molecule has 1 heterocycles. The van der Waals surface area contributed by atoms with Crippen molar-refractivity contribution in [3.8, 4) is 0 Å². The van der Waals surface area contributed by atoms with Gasteiger partial charge in [0.1, 0.15) is 0 Å². The summed E-state index contributed by atoms with van der Waals surface area (Å²) in [6.45, 7) is 8.39. The monoisotopic (exact) mass is 184 g/mol. The molecule has 1 fully saturated rings. The van der Waals surface area contributed by atoms with Gasteiger partial charge in [0, 0.05) is 32.7 Å². The number of amides is 1. The molecule has 0 aromatic heterocycles. The fourth-order valence-corrected chi connectivity index (χ4v) is 1.55. The molecule has 0 unspecified atom stereocenters. The highest BCUT2D eigenvalue weighted by atomic mass is 16.2. The van der Waals surface area contributed by atoms with Crippen LogP contribution in [0.3, 0.4) is 0 Å². The Labute approximate surface area is 80.7 Å². The van der Waals surface area contributed by atoms with Crippen molar-refractivity contribution in [3.63, 3.8) is 0 Å². The third-order valence-electron chi connectivity index (χ3n) is 2.62. The van der Waals surface area contributed by atoms with E-state index in [1.54, 1.807) is 4.90 Å². The largest absolute Gasteiger partial charge is 0.348 e. The molecule has 3 heteroatoms. The van der Waals surface area contributed by atoms with Crippen LogP contribution in [-0.4, -0.2) is 48.4 Å². The maximum absolute atomic E-state index is 11.5. The predicted molar refractivity (Wildman–Crippen MR) is 53.5 cm³/mol. The first kappa shape index (κ1) is 10.5. The minimum absolute atomic E-state index is 0.211. The van der Waals surface area contributed by atoms with E-state index >= 15 is 0 Å². The molecule has 76 valence electrons. The summed E-state index contributed by atoms with van der Waals surface area (Å²) in [7, 11) is 3.64. The zero-order chi connectivity index (χ0) is 10.2. The molecular formula is C10H20N2O. The lowest BCUT2D eigenvalue weighted by Crippen LogP contribution is -2.59. The SMILES string of the molecule is CN(C)C(=O)C1CN(C(C)(C)C)C1. The summed E-state index contributed by atoms with van der Waals surface area (Å²) in [5, 5.41) is 0. The Morgan fingerprint density at radius 1 is 1.31 bits per heavy atom. The molecule has 0 radical (unpaired) electrons. The highest BCUT2D eigenvalue weighted by Crippen LogP contribution is 2.25. The maximum Gasteiger partial charge on any atom is 0.227 e. The van der Waals surface area contributed by atoms with Gasteiger partial charge in [-0.25, -0.2) is 0 Å². The molecule has 1 aliphatic heterocycles. The normalized spacial score (nSPS) is 19.8. The van der Waals surface area contributed by atoms with Crippen LogP contribution in [0.25, 0.3) is 0 Å². The highest BCUT2D eigenvalue weighted by Gasteiger charge is 2.38. The summed E-state index contributed by atoms with van der Waals surface area (Å²) in [6, 6.07) is 0. The van der Waals surface area contributed by atoms with Gasteiger partial charge in [-0.1, -0.05) is 0 Å². The number of rotatable bonds is 1. The van der Waals surface area contributed by atoms with Crippen LogP contribution in [0.15, 0.2) is 0 Å². The molecule has 1 amide bonds. The smallest absolute Gasteiger partial charge is 0.227 e. The zero-order valence-electron chi connectivity index (χ0n) is 9.29. The van der Waals surface area contributed by atoms with Crippen molar-refractivity contribution >= 4 is 5.91 Å². The van der Waals surface area contributed by atoms with Gasteiger partial charge in [-0.05, 0) is 20.8 Å². The van der Waals surface area contributed by atoms with Gasteiger partial charge in [0.05, 0.1) is 5.92 Å². The number of likely N-dealkylation sites (tertiary alicyclic amines) is 1. The maximum atomic E-state index is 11.5. The predicted octanol–water partition coefficient (Wildman–Crippen LogP) is 0.805. The van der Waals surface area contributed by atoms with Gasteiger partial charge in [-0.2, -0.15) is 0 Å². The molecule has 0 spiro atoms. The minimum atomic E-state index is 0.211. The summed E-state index contributed by atoms with van der Waals surface area (Å²) in [6.07, 6.45) is 0. The van der Waals surface area contributed by atoms with Crippen molar-refractivity contribution in [1.82, 2.24) is 9.80 Å². The lowest BCUT2D eigenvalue weighted by atomic mass is 9.91. The number of carbonyl (C=O) groups excluding carboxylic acids is 1. The minimum Gasteiger partial charge on any atom is -0.348 e. The fourth-order valence-electron chi connectivity index (χ4n) is 1.55. The van der Waals surface area contributed by atoms with Crippen LogP contribution in [0.1, 0.15) is 20.8 Å². The second-order valence-corrected chi connectivity index (χ2v) is 5.01. The van der Waals surface area contributed by atoms with Crippen molar-refractivity contribution in [2.45, 2.75) is 26.3 Å². The van der Waals surface area contributed by atoms with Crippen molar-refractivity contribution < 1.29 is 4.79 Å². The zero-order valence-corrected chi connectivity index (χ0v) is 9.29. The molecular weight excluding hydrogens is 164 g/mol. The molecule has 1 aliphatic rings. The van der Waals surface area contributed by atoms with Crippen LogP contribution < -0.4 is 0 Å². The average Bonchev–Trinajstić information content (AvgIpc) is 1.79. The van der Waals surface area contributed by atoms with Crippen molar-refractivity contribution in [2.24, 2.45) is 5.92 Å². The second-order valence-electron chi connectivity index (χ2n) is 5.01. The summed E-state index contributed by atoms with van der Waals surface area (Å²) >= 11 is 0. The first-order chi connectivity index (χ1) is 5.82. The molecule has 0 aromatic rings. The quantitative estimate of drug-likeness (QED) is 0.602. The van der Waals surface area contributed by atoms with Gasteiger partial charge in [0.2, 0.25) is 5.91 Å². The summed E-state index contributed by atoms with van der Waals surface area (Å²) in [5.74, 6) is 0.495. The third-order valence-corrected chi connectivity index (χ3v) is 2.62. The Balaban J connectivity index is 2.38. The van der Waals surface area contributed by atoms with Gasteiger partial charge in [-0.3, -0.25) is 9.69 Å². The Hall–Kier alpha value is -0.570. The van der Waals surface area contributed by atoms with Crippen LogP contribution in [0, 0.1) is 5.92 Å². The molecule has 0 atom stereocenters. The van der Waals surface area contributed by atoms with Crippen molar-refractivity contribution in [2.75, 3.05) is 27.2 Å². The van der Waals surface area contributed by atoms with Crippen LogP contribution in [-0.2, 0) is 4.79 Å². The Morgan fingerprint density at radius 2 is 1.77 bits per heavy atom. The molecule has 3 nitrogen and oxygen atoms in total. The first-order valence-electron chi connectivity index (χ1n) is 4.78. The van der Waals surface area contributed by atoms with Gasteiger partial charge in [0.15, 0.2) is 0 Å². The molecule has 0 N–H and O–H groups in total. The van der Waals surface area contributed by atoms with Crippen LogP contribution in [0.2, 0.25) is 0 Å². The Bertz CT molecular complexity index is 199. The van der Waals surface area contributed by atoms with Crippen molar-refractivity contribution in [1.29, 1.82) is 0 Å². The number of hydrogen-bond donors (Lipinski definition) is 0. The van der Waals surface area contributed by atoms with Crippen LogP contribution in [0.5, 0.6) is 0 Å². The lowest BCUT2D eigenvalue weighted by Gasteiger charge is -2.47. The number of nitrogens with zero attached hydrogens (tertiary/aromatic N) is 2. The number of hydrogen-bond acceptors (Lipinski definition) is 2. The summed E-state index contributed by atoms with van der Waals surface area (Å²) in [4.78, 5) is 15.5.